The molecule has 2 fully saturated rings. The number of anilines is 1. The van der Waals surface area contributed by atoms with Crippen molar-refractivity contribution in [3.8, 4) is 5.75 Å². The highest BCUT2D eigenvalue weighted by Crippen LogP contribution is 2.58. The van der Waals surface area contributed by atoms with Crippen LogP contribution in [-0.4, -0.2) is 39.3 Å². The number of amides is 1. The maximum absolute atomic E-state index is 13.5. The van der Waals surface area contributed by atoms with Gasteiger partial charge in [-0.2, -0.15) is 0 Å². The predicted octanol–water partition coefficient (Wildman–Crippen LogP) is 4.23. The highest BCUT2D eigenvalue weighted by molar-refractivity contribution is 6.07. The van der Waals surface area contributed by atoms with Crippen LogP contribution < -0.4 is 10.1 Å². The summed E-state index contributed by atoms with van der Waals surface area (Å²) in [6.45, 7) is 0.774. The Morgan fingerprint density at radius 1 is 1.03 bits per heavy atom. The molecule has 4 atom stereocenters. The molecule has 0 aliphatic carbocycles. The molecule has 1 amide bonds. The van der Waals surface area contributed by atoms with Crippen LogP contribution in [0.2, 0.25) is 0 Å². The lowest BCUT2D eigenvalue weighted by Crippen LogP contribution is -2.55. The summed E-state index contributed by atoms with van der Waals surface area (Å²) in [7, 11) is 0. The van der Waals surface area contributed by atoms with E-state index in [1.54, 1.807) is 30.3 Å². The average molecular weight is 501 g/mol. The number of non-ortho nitro benzene ring substituents is 1. The van der Waals surface area contributed by atoms with E-state index in [0.29, 0.717) is 29.1 Å². The molecule has 3 heterocycles. The van der Waals surface area contributed by atoms with E-state index in [2.05, 4.69) is 10.2 Å². The zero-order valence-corrected chi connectivity index (χ0v) is 19.8. The molecule has 0 bridgehead atoms. The molecule has 10 heteroatoms. The van der Waals surface area contributed by atoms with E-state index in [1.165, 1.54) is 12.1 Å². The fourth-order valence-electron chi connectivity index (χ4n) is 6.49. The predicted molar refractivity (Wildman–Crippen MR) is 134 cm³/mol. The molecule has 0 radical (unpaired) electrons. The Balaban J connectivity index is 1.31. The fraction of sp³-hybridized carbons (Fsp3) is 0.296. The second-order valence-electron chi connectivity index (χ2n) is 9.71. The quantitative estimate of drug-likeness (QED) is 0.396. The summed E-state index contributed by atoms with van der Waals surface area (Å²) in [6.07, 6.45) is 1.64. The second-order valence-corrected chi connectivity index (χ2v) is 9.71. The third-order valence-corrected chi connectivity index (χ3v) is 7.89. The van der Waals surface area contributed by atoms with E-state index in [9.17, 15) is 25.0 Å². The number of hydrogen-bond acceptors (Lipinski definition) is 7. The monoisotopic (exact) mass is 500 g/mol. The number of rotatable bonds is 6. The highest BCUT2D eigenvalue weighted by Gasteiger charge is 2.73. The Bertz CT molecular complexity index is 1410. The van der Waals surface area contributed by atoms with Gasteiger partial charge in [-0.1, -0.05) is 42.5 Å². The lowest BCUT2D eigenvalue weighted by Gasteiger charge is -2.32. The number of hydrogen-bond donors (Lipinski definition) is 1. The summed E-state index contributed by atoms with van der Waals surface area (Å²) in [5, 5.41) is 26.6. The molecule has 37 heavy (non-hydrogen) atoms. The molecular formula is C27H24N4O6. The molecule has 3 aliphatic rings. The molecule has 2 saturated heterocycles. The van der Waals surface area contributed by atoms with Crippen molar-refractivity contribution in [2.75, 3.05) is 11.9 Å². The number of nitrogens with one attached hydrogen (secondary N) is 1. The third-order valence-electron chi connectivity index (χ3n) is 7.89. The second kappa shape index (κ2) is 8.67. The smallest absolute Gasteiger partial charge is 0.269 e. The van der Waals surface area contributed by atoms with Crippen molar-refractivity contribution in [2.45, 2.75) is 43.0 Å². The summed E-state index contributed by atoms with van der Waals surface area (Å²) in [4.78, 5) is 38.5. The number of carbonyl (C=O) groups is 1. The molecule has 0 unspecified atom stereocenters. The summed E-state index contributed by atoms with van der Waals surface area (Å²) < 4.78 is 5.83. The molecule has 188 valence electrons. The van der Waals surface area contributed by atoms with Gasteiger partial charge in [0.25, 0.3) is 17.6 Å². The van der Waals surface area contributed by atoms with Gasteiger partial charge >= 0.3 is 0 Å². The van der Waals surface area contributed by atoms with Crippen molar-refractivity contribution in [3.63, 3.8) is 0 Å². The Hall–Kier alpha value is -4.31. The SMILES string of the molecule is O=C1Nc2ccccc2[C@]12[C@H]([N+](=O)[O-])[C@H](c1ccc(OCc3cccc([N+](=O)[O-])c3)cc1)[C@@H]1CCCN12. The number of nitrogens with zero attached hydrogens (tertiary/aromatic N) is 3. The molecular weight excluding hydrogens is 476 g/mol. The number of carbonyl (C=O) groups excluding carboxylic acids is 1. The van der Waals surface area contributed by atoms with Gasteiger partial charge in [-0.05, 0) is 42.2 Å². The number of para-hydroxylation sites is 1. The van der Waals surface area contributed by atoms with Crippen LogP contribution in [0.15, 0.2) is 72.8 Å². The van der Waals surface area contributed by atoms with Gasteiger partial charge in [-0.15, -0.1) is 0 Å². The first-order valence-electron chi connectivity index (χ1n) is 12.2. The number of benzene rings is 3. The van der Waals surface area contributed by atoms with E-state index in [4.69, 9.17) is 4.74 Å². The van der Waals surface area contributed by atoms with Crippen LogP contribution in [0.1, 0.15) is 35.4 Å². The first-order chi connectivity index (χ1) is 17.9. The minimum atomic E-state index is -1.34. The van der Waals surface area contributed by atoms with Crippen molar-refractivity contribution in [1.82, 2.24) is 4.90 Å². The summed E-state index contributed by atoms with van der Waals surface area (Å²) in [6, 6.07) is 19.4. The molecule has 3 aromatic rings. The van der Waals surface area contributed by atoms with E-state index < -0.39 is 22.4 Å². The Kier molecular flexibility index (Phi) is 5.41. The minimum absolute atomic E-state index is 0.00364. The largest absolute Gasteiger partial charge is 0.489 e. The van der Waals surface area contributed by atoms with Gasteiger partial charge in [-0.3, -0.25) is 29.9 Å². The topological polar surface area (TPSA) is 128 Å². The van der Waals surface area contributed by atoms with E-state index in [1.807, 2.05) is 30.3 Å². The van der Waals surface area contributed by atoms with Crippen molar-refractivity contribution >= 4 is 17.3 Å². The van der Waals surface area contributed by atoms with Crippen molar-refractivity contribution in [1.29, 1.82) is 0 Å². The Morgan fingerprint density at radius 3 is 2.57 bits per heavy atom. The molecule has 0 aromatic heterocycles. The van der Waals surface area contributed by atoms with Gasteiger partial charge in [0.15, 0.2) is 5.54 Å². The van der Waals surface area contributed by atoms with Gasteiger partial charge in [-0.25, -0.2) is 0 Å². The van der Waals surface area contributed by atoms with Crippen LogP contribution in [0, 0.1) is 20.2 Å². The molecule has 6 rings (SSSR count). The van der Waals surface area contributed by atoms with Gasteiger partial charge in [0.2, 0.25) is 0 Å². The van der Waals surface area contributed by atoms with Crippen LogP contribution >= 0.6 is 0 Å². The fourth-order valence-corrected chi connectivity index (χ4v) is 6.49. The highest BCUT2D eigenvalue weighted by atomic mass is 16.6. The normalized spacial score (nSPS) is 26.1. The van der Waals surface area contributed by atoms with Gasteiger partial charge in [0, 0.05) is 40.9 Å². The summed E-state index contributed by atoms with van der Waals surface area (Å²) >= 11 is 0. The van der Waals surface area contributed by atoms with Crippen LogP contribution in [0.5, 0.6) is 5.75 Å². The van der Waals surface area contributed by atoms with Crippen molar-refractivity contribution in [2.24, 2.45) is 0 Å². The van der Waals surface area contributed by atoms with E-state index >= 15 is 0 Å². The molecule has 3 aliphatic heterocycles. The number of nitro groups is 2. The van der Waals surface area contributed by atoms with Crippen molar-refractivity contribution < 1.29 is 19.4 Å². The van der Waals surface area contributed by atoms with E-state index in [0.717, 1.165) is 18.4 Å². The number of fused-ring (bicyclic) bond motifs is 4. The Labute approximate surface area is 212 Å². The molecule has 0 saturated carbocycles. The number of nitro benzene ring substituents is 1. The maximum atomic E-state index is 13.5. The van der Waals surface area contributed by atoms with Crippen LogP contribution in [-0.2, 0) is 16.9 Å². The Morgan fingerprint density at radius 2 is 1.81 bits per heavy atom. The maximum Gasteiger partial charge on any atom is 0.269 e. The lowest BCUT2D eigenvalue weighted by molar-refractivity contribution is -0.534. The van der Waals surface area contributed by atoms with E-state index in [-0.39, 0.29) is 29.2 Å². The van der Waals surface area contributed by atoms with Crippen molar-refractivity contribution in [3.05, 3.63) is 110 Å². The third kappa shape index (κ3) is 3.47. The summed E-state index contributed by atoms with van der Waals surface area (Å²) in [5.41, 5.74) is 1.41. The standard InChI is InChI=1S/C27H24N4O6/c32-26-27(21-7-1-2-8-22(21)28-26)25(31(35)36)24(23-9-4-14-29(23)27)18-10-12-20(13-11-18)37-16-17-5-3-6-19(15-17)30(33)34/h1-3,5-8,10-13,15,23-25H,4,9,14,16H2,(H,28,32)/t23-,24+,25+,27-/m0/s1. The van der Waals surface area contributed by atoms with Gasteiger partial charge in [0.05, 0.1) is 10.8 Å². The van der Waals surface area contributed by atoms with Crippen LogP contribution in [0.4, 0.5) is 11.4 Å². The first-order valence-corrected chi connectivity index (χ1v) is 12.2. The van der Waals surface area contributed by atoms with Gasteiger partial charge < -0.3 is 10.1 Å². The number of ether oxygens (including phenoxy) is 1. The molecule has 10 nitrogen and oxygen atoms in total. The summed E-state index contributed by atoms with van der Waals surface area (Å²) in [5.74, 6) is -0.255. The molecule has 3 aromatic carbocycles. The van der Waals surface area contributed by atoms with Crippen LogP contribution in [0.3, 0.4) is 0 Å². The average Bonchev–Trinajstić information content (AvgIpc) is 3.56. The minimum Gasteiger partial charge on any atom is -0.489 e. The zero-order valence-electron chi connectivity index (χ0n) is 19.8. The molecule has 1 spiro atoms. The first kappa shape index (κ1) is 23.1. The van der Waals surface area contributed by atoms with Gasteiger partial charge in [0.1, 0.15) is 12.4 Å². The lowest BCUT2D eigenvalue weighted by atomic mass is 9.77. The van der Waals surface area contributed by atoms with Crippen LogP contribution in [0.25, 0.3) is 0 Å². The zero-order chi connectivity index (χ0) is 25.7. The molecule has 1 N–H and O–H groups in total.